The number of piperazine rings is 1. The van der Waals surface area contributed by atoms with E-state index in [9.17, 15) is 18.0 Å². The minimum atomic E-state index is -3.82. The minimum Gasteiger partial charge on any atom is -0.478 e. The summed E-state index contributed by atoms with van der Waals surface area (Å²) in [5.74, 6) is -0.868. The molecule has 1 amide bonds. The number of hydrogen-bond acceptors (Lipinski definition) is 5. The normalized spacial score (nSPS) is 17.8. The zero-order valence-electron chi connectivity index (χ0n) is 18.0. The maximum Gasteiger partial charge on any atom is 0.335 e. The van der Waals surface area contributed by atoms with E-state index in [1.54, 1.807) is 49.9 Å². The van der Waals surface area contributed by atoms with Crippen molar-refractivity contribution in [3.8, 4) is 5.75 Å². The molecule has 1 fully saturated rings. The number of carbonyl (C=O) groups is 2. The van der Waals surface area contributed by atoms with Gasteiger partial charge in [-0.15, -0.1) is 0 Å². The molecule has 2 aromatic rings. The van der Waals surface area contributed by atoms with E-state index in [1.165, 1.54) is 28.6 Å². The number of nitrogens with zero attached hydrogens (tertiary/aromatic N) is 2. The molecular formula is C22H25ClN2O6S. The van der Waals surface area contributed by atoms with Gasteiger partial charge in [-0.3, -0.25) is 4.79 Å². The van der Waals surface area contributed by atoms with Crippen molar-refractivity contribution >= 4 is 33.5 Å². The third-order valence-electron chi connectivity index (χ3n) is 5.29. The lowest BCUT2D eigenvalue weighted by Crippen LogP contribution is -2.60. The molecule has 172 valence electrons. The van der Waals surface area contributed by atoms with Crippen molar-refractivity contribution in [3.63, 3.8) is 0 Å². The average Bonchev–Trinajstić information content (AvgIpc) is 2.74. The van der Waals surface area contributed by atoms with Gasteiger partial charge in [-0.05, 0) is 69.3 Å². The van der Waals surface area contributed by atoms with Crippen LogP contribution >= 0.6 is 11.6 Å². The van der Waals surface area contributed by atoms with Gasteiger partial charge in [0.05, 0.1) is 10.5 Å². The average molecular weight is 481 g/mol. The van der Waals surface area contributed by atoms with Crippen molar-refractivity contribution in [2.24, 2.45) is 0 Å². The van der Waals surface area contributed by atoms with E-state index in [-0.39, 0.29) is 42.0 Å². The predicted molar refractivity (Wildman–Crippen MR) is 119 cm³/mol. The highest BCUT2D eigenvalue weighted by molar-refractivity contribution is 7.89. The van der Waals surface area contributed by atoms with E-state index >= 15 is 0 Å². The van der Waals surface area contributed by atoms with Crippen LogP contribution in [0, 0.1) is 0 Å². The number of halogens is 1. The smallest absolute Gasteiger partial charge is 0.335 e. The van der Waals surface area contributed by atoms with Crippen LogP contribution in [0.25, 0.3) is 0 Å². The third-order valence-corrected chi connectivity index (χ3v) is 7.42. The van der Waals surface area contributed by atoms with Crippen molar-refractivity contribution in [2.75, 3.05) is 19.6 Å². The molecule has 0 aromatic heterocycles. The Balaban J connectivity index is 1.70. The molecule has 1 saturated heterocycles. The molecule has 1 unspecified atom stereocenters. The Hall–Kier alpha value is -2.62. The highest BCUT2D eigenvalue weighted by Crippen LogP contribution is 2.26. The van der Waals surface area contributed by atoms with E-state index in [1.807, 2.05) is 0 Å². The second kappa shape index (κ2) is 9.09. The molecule has 0 saturated carbocycles. The van der Waals surface area contributed by atoms with Crippen LogP contribution in [0.5, 0.6) is 5.75 Å². The summed E-state index contributed by atoms with van der Waals surface area (Å²) in [5.41, 5.74) is -1.15. The zero-order valence-corrected chi connectivity index (χ0v) is 19.6. The number of ether oxygens (including phenoxy) is 1. The molecule has 1 atom stereocenters. The van der Waals surface area contributed by atoms with Crippen molar-refractivity contribution < 1.29 is 27.9 Å². The lowest BCUT2D eigenvalue weighted by atomic mass is 10.1. The van der Waals surface area contributed by atoms with Crippen LogP contribution in [-0.4, -0.2) is 65.9 Å². The second-order valence-corrected chi connectivity index (χ2v) is 10.5. The zero-order chi connectivity index (χ0) is 23.7. The van der Waals surface area contributed by atoms with E-state index in [2.05, 4.69) is 0 Å². The Kier molecular flexibility index (Phi) is 6.83. The first-order chi connectivity index (χ1) is 14.9. The predicted octanol–water partition coefficient (Wildman–Crippen LogP) is 3.12. The van der Waals surface area contributed by atoms with E-state index < -0.39 is 21.6 Å². The lowest BCUT2D eigenvalue weighted by molar-refractivity contribution is -0.149. The van der Waals surface area contributed by atoms with Gasteiger partial charge < -0.3 is 14.7 Å². The Morgan fingerprint density at radius 1 is 1.06 bits per heavy atom. The first-order valence-electron chi connectivity index (χ1n) is 10.0. The van der Waals surface area contributed by atoms with Crippen molar-refractivity contribution in [2.45, 2.75) is 37.3 Å². The van der Waals surface area contributed by atoms with Crippen molar-refractivity contribution in [1.29, 1.82) is 0 Å². The Labute approximate surface area is 192 Å². The van der Waals surface area contributed by atoms with Crippen LogP contribution in [-0.2, 0) is 14.8 Å². The summed E-state index contributed by atoms with van der Waals surface area (Å²) in [6, 6.07) is 11.4. The molecule has 0 bridgehead atoms. The highest BCUT2D eigenvalue weighted by Gasteiger charge is 2.40. The quantitative estimate of drug-likeness (QED) is 0.681. The number of carboxylic acid groups (broad SMARTS) is 1. The Bertz CT molecular complexity index is 1100. The summed E-state index contributed by atoms with van der Waals surface area (Å²) in [4.78, 5) is 25.8. The third kappa shape index (κ3) is 5.06. The molecule has 0 aliphatic carbocycles. The maximum atomic E-state index is 13.2. The summed E-state index contributed by atoms with van der Waals surface area (Å²) < 4.78 is 33.2. The SMILES string of the molecule is CC1CN(S(=O)(=O)c2ccc(C(=O)O)cc2)CCN1C(=O)C(C)(C)Oc1ccc(Cl)cc1. The molecule has 32 heavy (non-hydrogen) atoms. The van der Waals surface area contributed by atoms with E-state index in [4.69, 9.17) is 21.4 Å². The van der Waals surface area contributed by atoms with Gasteiger partial charge in [0.25, 0.3) is 5.91 Å². The number of rotatable bonds is 6. The number of carboxylic acids is 1. The van der Waals surface area contributed by atoms with Gasteiger partial charge in [-0.25, -0.2) is 13.2 Å². The second-order valence-electron chi connectivity index (χ2n) is 8.11. The van der Waals surface area contributed by atoms with Crippen LogP contribution < -0.4 is 4.74 Å². The molecular weight excluding hydrogens is 456 g/mol. The summed E-state index contributed by atoms with van der Waals surface area (Å²) >= 11 is 5.89. The van der Waals surface area contributed by atoms with Gasteiger partial charge in [-0.1, -0.05) is 11.6 Å². The van der Waals surface area contributed by atoms with E-state index in [0.29, 0.717) is 10.8 Å². The minimum absolute atomic E-state index is 0.00986. The van der Waals surface area contributed by atoms with Crippen LogP contribution in [0.2, 0.25) is 5.02 Å². The molecule has 0 spiro atoms. The van der Waals surface area contributed by atoms with Crippen LogP contribution in [0.3, 0.4) is 0 Å². The van der Waals surface area contributed by atoms with Gasteiger partial charge >= 0.3 is 5.97 Å². The summed E-state index contributed by atoms with van der Waals surface area (Å²) in [7, 11) is -3.82. The van der Waals surface area contributed by atoms with Crippen molar-refractivity contribution in [3.05, 3.63) is 59.1 Å². The van der Waals surface area contributed by atoms with Gasteiger partial charge in [0.2, 0.25) is 10.0 Å². The van der Waals surface area contributed by atoms with E-state index in [0.717, 1.165) is 0 Å². The summed E-state index contributed by atoms with van der Waals surface area (Å²) in [5, 5.41) is 9.56. The van der Waals surface area contributed by atoms with Gasteiger partial charge in [0.15, 0.2) is 5.60 Å². The van der Waals surface area contributed by atoms with Gasteiger partial charge in [0.1, 0.15) is 5.75 Å². The number of sulfonamides is 1. The van der Waals surface area contributed by atoms with Crippen LogP contribution in [0.15, 0.2) is 53.4 Å². The Morgan fingerprint density at radius 2 is 1.66 bits per heavy atom. The summed E-state index contributed by atoms with van der Waals surface area (Å²) in [6.07, 6.45) is 0. The molecule has 1 heterocycles. The molecule has 2 aromatic carbocycles. The fourth-order valence-corrected chi connectivity index (χ4v) is 5.19. The van der Waals surface area contributed by atoms with Gasteiger partial charge in [-0.2, -0.15) is 4.31 Å². The Morgan fingerprint density at radius 3 is 2.19 bits per heavy atom. The number of carbonyl (C=O) groups excluding carboxylic acids is 1. The van der Waals surface area contributed by atoms with Gasteiger partial charge in [0, 0.05) is 30.7 Å². The fraction of sp³-hybridized carbons (Fsp3) is 0.364. The molecule has 3 rings (SSSR count). The molecule has 1 N–H and O–H groups in total. The lowest BCUT2D eigenvalue weighted by Gasteiger charge is -2.42. The first-order valence-corrected chi connectivity index (χ1v) is 11.8. The number of aromatic carboxylic acids is 1. The standard InChI is InChI=1S/C22H25ClN2O6S/c1-15-14-24(32(29,30)19-10-4-16(5-11-19)20(26)27)12-13-25(15)21(28)22(2,3)31-18-8-6-17(23)7-9-18/h4-11,15H,12-14H2,1-3H3,(H,26,27). The largest absolute Gasteiger partial charge is 0.478 e. The van der Waals surface area contributed by atoms with Crippen LogP contribution in [0.1, 0.15) is 31.1 Å². The molecule has 10 heteroatoms. The molecule has 0 radical (unpaired) electrons. The monoisotopic (exact) mass is 480 g/mol. The number of hydrogen-bond donors (Lipinski definition) is 1. The topological polar surface area (TPSA) is 104 Å². The maximum absolute atomic E-state index is 13.2. The summed E-state index contributed by atoms with van der Waals surface area (Å²) in [6.45, 7) is 5.57. The van der Waals surface area contributed by atoms with Crippen LogP contribution in [0.4, 0.5) is 0 Å². The number of amides is 1. The fourth-order valence-electron chi connectivity index (χ4n) is 3.55. The molecule has 1 aliphatic heterocycles. The number of benzene rings is 2. The molecule has 1 aliphatic rings. The highest BCUT2D eigenvalue weighted by atomic mass is 35.5. The van der Waals surface area contributed by atoms with Crippen molar-refractivity contribution in [1.82, 2.24) is 9.21 Å². The first kappa shape index (κ1) is 24.0. The molecule has 8 nitrogen and oxygen atoms in total.